The number of fused-ring (bicyclic) bond motifs is 1. The molecule has 0 saturated heterocycles. The van der Waals surface area contributed by atoms with Crippen molar-refractivity contribution in [3.63, 3.8) is 0 Å². The zero-order valence-electron chi connectivity index (χ0n) is 21.8. The van der Waals surface area contributed by atoms with Crippen LogP contribution in [0.25, 0.3) is 22.3 Å². The fraction of sp³-hybridized carbons (Fsp3) is 0.519. The van der Waals surface area contributed by atoms with Gasteiger partial charge in [-0.3, -0.25) is 0 Å². The van der Waals surface area contributed by atoms with Crippen molar-refractivity contribution < 1.29 is 19.0 Å². The number of hydrogen-bond acceptors (Lipinski definition) is 6. The van der Waals surface area contributed by atoms with Crippen LogP contribution in [0.1, 0.15) is 41.4 Å². The van der Waals surface area contributed by atoms with Crippen LogP contribution in [0.2, 0.25) is 25.7 Å². The van der Waals surface area contributed by atoms with Gasteiger partial charge in [-0.2, -0.15) is 0 Å². The molecular formula is C27H37N3O4Si. The van der Waals surface area contributed by atoms with Crippen LogP contribution in [0.4, 0.5) is 0 Å². The molecule has 188 valence electrons. The lowest BCUT2D eigenvalue weighted by atomic mass is 10.1. The Kier molecular flexibility index (Phi) is 7.61. The smallest absolute Gasteiger partial charge is 0.342 e. The zero-order valence-corrected chi connectivity index (χ0v) is 22.8. The quantitative estimate of drug-likeness (QED) is 0.185. The fourth-order valence-electron chi connectivity index (χ4n) is 4.08. The first-order valence-electron chi connectivity index (χ1n) is 12.5. The van der Waals surface area contributed by atoms with E-state index in [-0.39, 0.29) is 5.97 Å². The van der Waals surface area contributed by atoms with Crippen LogP contribution < -0.4 is 4.74 Å². The Hall–Kier alpha value is -2.71. The van der Waals surface area contributed by atoms with E-state index >= 15 is 0 Å². The van der Waals surface area contributed by atoms with E-state index in [4.69, 9.17) is 19.2 Å². The molecule has 7 nitrogen and oxygen atoms in total. The standard InChI is InChI=1S/C27H37N3O4Si/c1-7-33-27(31)23-19(3)30(17-32-12-13-35(4,5)6)26-24(28-16-29-25(23)26)21-14-18(2)8-11-22(21)34-15-20-9-10-20/h8,11,14,16,20H,7,9-10,12-13,15,17H2,1-6H3. The van der Waals surface area contributed by atoms with Crippen molar-refractivity contribution in [3.05, 3.63) is 41.3 Å². The van der Waals surface area contributed by atoms with Gasteiger partial charge < -0.3 is 18.8 Å². The highest BCUT2D eigenvalue weighted by molar-refractivity contribution is 6.76. The highest BCUT2D eigenvalue weighted by Gasteiger charge is 2.27. The third kappa shape index (κ3) is 5.93. The number of carbonyl (C=O) groups excluding carboxylic acids is 1. The lowest BCUT2D eigenvalue weighted by Crippen LogP contribution is -2.22. The molecule has 0 unspecified atom stereocenters. The number of aromatic nitrogens is 3. The van der Waals surface area contributed by atoms with E-state index in [9.17, 15) is 4.79 Å². The monoisotopic (exact) mass is 495 g/mol. The Morgan fingerprint density at radius 1 is 1.17 bits per heavy atom. The highest BCUT2D eigenvalue weighted by atomic mass is 28.3. The second-order valence-electron chi connectivity index (χ2n) is 10.6. The van der Waals surface area contributed by atoms with Crippen molar-refractivity contribution in [1.82, 2.24) is 14.5 Å². The van der Waals surface area contributed by atoms with Crippen LogP contribution in [-0.2, 0) is 16.2 Å². The molecule has 2 heterocycles. The third-order valence-corrected chi connectivity index (χ3v) is 8.06. The van der Waals surface area contributed by atoms with Crippen LogP contribution in [0.5, 0.6) is 5.75 Å². The normalized spacial score (nSPS) is 13.9. The molecule has 0 atom stereocenters. The van der Waals surface area contributed by atoms with Gasteiger partial charge in [-0.25, -0.2) is 14.8 Å². The van der Waals surface area contributed by atoms with E-state index in [0.717, 1.165) is 39.8 Å². The van der Waals surface area contributed by atoms with E-state index in [1.807, 2.05) is 24.5 Å². The SMILES string of the molecule is CCOC(=O)c1c(C)n(COCC[Si](C)(C)C)c2c(-c3cc(C)ccc3OCC3CC3)ncnc12. The number of benzene rings is 1. The van der Waals surface area contributed by atoms with E-state index in [1.165, 1.54) is 19.2 Å². The second-order valence-corrected chi connectivity index (χ2v) is 16.3. The summed E-state index contributed by atoms with van der Waals surface area (Å²) < 4.78 is 19.8. The van der Waals surface area contributed by atoms with Gasteiger partial charge in [-0.1, -0.05) is 31.3 Å². The minimum Gasteiger partial charge on any atom is -0.493 e. The zero-order chi connectivity index (χ0) is 25.2. The number of esters is 1. The van der Waals surface area contributed by atoms with Gasteiger partial charge >= 0.3 is 5.97 Å². The number of carbonyl (C=O) groups is 1. The Balaban J connectivity index is 1.82. The molecule has 0 radical (unpaired) electrons. The second kappa shape index (κ2) is 10.5. The molecule has 3 aromatic rings. The molecule has 8 heteroatoms. The molecule has 1 aliphatic carbocycles. The molecule has 0 aliphatic heterocycles. The largest absolute Gasteiger partial charge is 0.493 e. The first-order valence-corrected chi connectivity index (χ1v) is 16.2. The molecule has 2 aromatic heterocycles. The number of nitrogens with zero attached hydrogens (tertiary/aromatic N) is 3. The molecule has 1 saturated carbocycles. The molecule has 0 amide bonds. The van der Waals surface area contributed by atoms with Gasteiger partial charge in [0, 0.05) is 25.9 Å². The lowest BCUT2D eigenvalue weighted by Gasteiger charge is -2.17. The summed E-state index contributed by atoms with van der Waals surface area (Å²) in [4.78, 5) is 22.2. The van der Waals surface area contributed by atoms with Crippen molar-refractivity contribution >= 4 is 25.1 Å². The van der Waals surface area contributed by atoms with Crippen LogP contribution >= 0.6 is 0 Å². The van der Waals surface area contributed by atoms with Gasteiger partial charge in [-0.05, 0) is 57.7 Å². The van der Waals surface area contributed by atoms with Crippen molar-refractivity contribution in [1.29, 1.82) is 0 Å². The number of aryl methyl sites for hydroxylation is 1. The maximum Gasteiger partial charge on any atom is 0.342 e. The summed E-state index contributed by atoms with van der Waals surface area (Å²) in [5.41, 5.74) is 5.31. The average Bonchev–Trinajstić information content (AvgIpc) is 3.58. The summed E-state index contributed by atoms with van der Waals surface area (Å²) in [6.07, 6.45) is 3.96. The Labute approximate surface area is 208 Å². The maximum atomic E-state index is 13.0. The summed E-state index contributed by atoms with van der Waals surface area (Å²) in [6, 6.07) is 7.22. The molecule has 1 aromatic carbocycles. The van der Waals surface area contributed by atoms with E-state index in [1.54, 1.807) is 0 Å². The summed E-state index contributed by atoms with van der Waals surface area (Å²) in [6.45, 7) is 14.8. The van der Waals surface area contributed by atoms with E-state index < -0.39 is 8.07 Å². The molecule has 1 aliphatic rings. The summed E-state index contributed by atoms with van der Waals surface area (Å²) in [7, 11) is -1.23. The molecular weight excluding hydrogens is 458 g/mol. The van der Waals surface area contributed by atoms with Crippen molar-refractivity contribution in [2.75, 3.05) is 19.8 Å². The molecule has 35 heavy (non-hydrogen) atoms. The first kappa shape index (κ1) is 25.4. The van der Waals surface area contributed by atoms with E-state index in [0.29, 0.717) is 43.5 Å². The van der Waals surface area contributed by atoms with E-state index in [2.05, 4.69) is 43.7 Å². The fourth-order valence-corrected chi connectivity index (χ4v) is 4.84. The number of hydrogen-bond donors (Lipinski definition) is 0. The van der Waals surface area contributed by atoms with Gasteiger partial charge in [0.05, 0.1) is 18.7 Å². The molecule has 1 fully saturated rings. The lowest BCUT2D eigenvalue weighted by molar-refractivity contribution is 0.0525. The van der Waals surface area contributed by atoms with Crippen molar-refractivity contribution in [3.8, 4) is 17.0 Å². The van der Waals surface area contributed by atoms with Gasteiger partial charge in [0.25, 0.3) is 0 Å². The van der Waals surface area contributed by atoms with Crippen LogP contribution in [-0.4, -0.2) is 48.4 Å². The molecule has 0 N–H and O–H groups in total. The van der Waals surface area contributed by atoms with Crippen molar-refractivity contribution in [2.45, 2.75) is 66.0 Å². The van der Waals surface area contributed by atoms with Gasteiger partial charge in [0.2, 0.25) is 0 Å². The molecule has 0 bridgehead atoms. The van der Waals surface area contributed by atoms with Gasteiger partial charge in [-0.15, -0.1) is 0 Å². The third-order valence-electron chi connectivity index (χ3n) is 6.35. The van der Waals surface area contributed by atoms with Crippen LogP contribution in [0.3, 0.4) is 0 Å². The Morgan fingerprint density at radius 2 is 1.94 bits per heavy atom. The van der Waals surface area contributed by atoms with Gasteiger partial charge in [0.1, 0.15) is 35.6 Å². The minimum absolute atomic E-state index is 0.298. The Morgan fingerprint density at radius 3 is 2.63 bits per heavy atom. The first-order chi connectivity index (χ1) is 16.7. The highest BCUT2D eigenvalue weighted by Crippen LogP contribution is 2.38. The van der Waals surface area contributed by atoms with Crippen LogP contribution in [0, 0.1) is 19.8 Å². The topological polar surface area (TPSA) is 75.5 Å². The average molecular weight is 496 g/mol. The summed E-state index contributed by atoms with van der Waals surface area (Å²) in [5, 5.41) is 0. The molecule has 0 spiro atoms. The predicted octanol–water partition coefficient (Wildman–Crippen LogP) is 5.99. The van der Waals surface area contributed by atoms with Crippen LogP contribution in [0.15, 0.2) is 24.5 Å². The number of rotatable bonds is 11. The summed E-state index contributed by atoms with van der Waals surface area (Å²) in [5.74, 6) is 1.05. The predicted molar refractivity (Wildman–Crippen MR) is 141 cm³/mol. The van der Waals surface area contributed by atoms with Crippen molar-refractivity contribution in [2.24, 2.45) is 5.92 Å². The number of ether oxygens (including phenoxy) is 3. The molecule has 4 rings (SSSR count). The summed E-state index contributed by atoms with van der Waals surface area (Å²) >= 11 is 0. The Bertz CT molecular complexity index is 1210. The van der Waals surface area contributed by atoms with Gasteiger partial charge in [0.15, 0.2) is 0 Å². The minimum atomic E-state index is -1.23. The maximum absolute atomic E-state index is 13.0.